The molecule has 0 heterocycles. The highest BCUT2D eigenvalue weighted by Crippen LogP contribution is 2.23. The summed E-state index contributed by atoms with van der Waals surface area (Å²) >= 11 is 5.83. The molecule has 0 bridgehead atoms. The van der Waals surface area contributed by atoms with Gasteiger partial charge in [-0.25, -0.2) is 0 Å². The highest BCUT2D eigenvalue weighted by atomic mass is 35.5. The number of carbonyl (C=O) groups excluding carboxylic acids is 1. The summed E-state index contributed by atoms with van der Waals surface area (Å²) in [6.07, 6.45) is 0. The number of hydrogen-bond donors (Lipinski definition) is 2. The molecule has 1 rings (SSSR count). The van der Waals surface area contributed by atoms with Crippen LogP contribution in [0.25, 0.3) is 0 Å². The summed E-state index contributed by atoms with van der Waals surface area (Å²) < 4.78 is 0. The lowest BCUT2D eigenvalue weighted by Gasteiger charge is -2.02. The molecule has 4 heteroatoms. The number of benzene rings is 1. The molecule has 0 spiro atoms. The van der Waals surface area contributed by atoms with Crippen molar-refractivity contribution >= 4 is 23.2 Å². The van der Waals surface area contributed by atoms with Crippen LogP contribution >= 0.6 is 11.6 Å². The van der Waals surface area contributed by atoms with E-state index in [1.807, 2.05) is 6.92 Å². The molecule has 0 aliphatic carbocycles. The first kappa shape index (κ1) is 10.4. The average molecular weight is 209 g/mol. The van der Waals surface area contributed by atoms with E-state index in [2.05, 4.69) is 11.8 Å². The molecule has 1 amide bonds. The van der Waals surface area contributed by atoms with Crippen LogP contribution in [-0.2, 0) is 4.79 Å². The molecule has 0 aliphatic rings. The van der Waals surface area contributed by atoms with Gasteiger partial charge in [-0.15, -0.1) is 0 Å². The standard InChI is InChI=1S/C10H9ClN2O/c1-6-4-7(2-3-9(12)14)5-8(11)10(6)13/h4-5H,13H2,1H3,(H2,12,14). The Bertz CT molecular complexity index is 420. The summed E-state index contributed by atoms with van der Waals surface area (Å²) in [7, 11) is 0. The molecular weight excluding hydrogens is 200 g/mol. The average Bonchev–Trinajstić information content (AvgIpc) is 2.10. The molecule has 1 aromatic carbocycles. The predicted molar refractivity (Wildman–Crippen MR) is 56.7 cm³/mol. The van der Waals surface area contributed by atoms with E-state index in [0.29, 0.717) is 16.3 Å². The zero-order valence-electron chi connectivity index (χ0n) is 7.60. The van der Waals surface area contributed by atoms with E-state index in [9.17, 15) is 4.79 Å². The van der Waals surface area contributed by atoms with Crippen LogP contribution < -0.4 is 11.5 Å². The Morgan fingerprint density at radius 1 is 1.50 bits per heavy atom. The summed E-state index contributed by atoms with van der Waals surface area (Å²) in [4.78, 5) is 10.4. The van der Waals surface area contributed by atoms with Crippen molar-refractivity contribution in [3.8, 4) is 11.8 Å². The second-order valence-corrected chi connectivity index (χ2v) is 3.21. The van der Waals surface area contributed by atoms with Gasteiger partial charge >= 0.3 is 0 Å². The molecule has 0 unspecified atom stereocenters. The van der Waals surface area contributed by atoms with Crippen LogP contribution in [0.15, 0.2) is 12.1 Å². The second kappa shape index (κ2) is 4.03. The molecule has 0 fully saturated rings. The van der Waals surface area contributed by atoms with E-state index in [1.165, 1.54) is 0 Å². The van der Waals surface area contributed by atoms with Crippen molar-refractivity contribution in [1.82, 2.24) is 0 Å². The fraction of sp³-hybridized carbons (Fsp3) is 0.100. The maximum absolute atomic E-state index is 10.4. The molecule has 0 radical (unpaired) electrons. The van der Waals surface area contributed by atoms with Crippen molar-refractivity contribution in [3.63, 3.8) is 0 Å². The van der Waals surface area contributed by atoms with Gasteiger partial charge < -0.3 is 11.5 Å². The number of anilines is 1. The van der Waals surface area contributed by atoms with Gasteiger partial charge in [-0.05, 0) is 30.5 Å². The quantitative estimate of drug-likeness (QED) is 0.495. The number of rotatable bonds is 0. The smallest absolute Gasteiger partial charge is 0.293 e. The molecular formula is C10H9ClN2O. The monoisotopic (exact) mass is 208 g/mol. The number of hydrogen-bond acceptors (Lipinski definition) is 2. The van der Waals surface area contributed by atoms with Crippen LogP contribution in [0.1, 0.15) is 11.1 Å². The number of aryl methyl sites for hydroxylation is 1. The SMILES string of the molecule is Cc1cc(C#CC(N)=O)cc(Cl)c1N. The molecule has 3 nitrogen and oxygen atoms in total. The van der Waals surface area contributed by atoms with E-state index in [4.69, 9.17) is 23.1 Å². The van der Waals surface area contributed by atoms with Crippen molar-refractivity contribution < 1.29 is 4.79 Å². The Morgan fingerprint density at radius 2 is 2.14 bits per heavy atom. The Hall–Kier alpha value is -1.66. The number of primary amides is 1. The van der Waals surface area contributed by atoms with E-state index >= 15 is 0 Å². The maximum Gasteiger partial charge on any atom is 0.293 e. The molecule has 14 heavy (non-hydrogen) atoms. The van der Waals surface area contributed by atoms with Gasteiger partial charge in [-0.3, -0.25) is 4.79 Å². The summed E-state index contributed by atoms with van der Waals surface area (Å²) in [5, 5.41) is 0.429. The minimum absolute atomic E-state index is 0.429. The van der Waals surface area contributed by atoms with Crippen molar-refractivity contribution in [2.45, 2.75) is 6.92 Å². The largest absolute Gasteiger partial charge is 0.397 e. The molecule has 0 aromatic heterocycles. The minimum atomic E-state index is -0.671. The Kier molecular flexibility index (Phi) is 3.00. The number of halogens is 1. The number of nitrogens with two attached hydrogens (primary N) is 2. The van der Waals surface area contributed by atoms with Crippen LogP contribution in [0.5, 0.6) is 0 Å². The number of amides is 1. The second-order valence-electron chi connectivity index (χ2n) is 2.80. The number of carbonyl (C=O) groups is 1. The van der Waals surface area contributed by atoms with E-state index in [-0.39, 0.29) is 0 Å². The van der Waals surface area contributed by atoms with Gasteiger partial charge in [-0.1, -0.05) is 17.5 Å². The number of nitrogen functional groups attached to an aromatic ring is 1. The van der Waals surface area contributed by atoms with Crippen LogP contribution in [0, 0.1) is 18.8 Å². The maximum atomic E-state index is 10.4. The normalized spacial score (nSPS) is 9.00. The van der Waals surface area contributed by atoms with Gasteiger partial charge in [0.15, 0.2) is 0 Å². The zero-order valence-corrected chi connectivity index (χ0v) is 8.35. The van der Waals surface area contributed by atoms with E-state index in [0.717, 1.165) is 5.56 Å². The fourth-order valence-electron chi connectivity index (χ4n) is 0.961. The first-order chi connectivity index (χ1) is 6.50. The molecule has 72 valence electrons. The van der Waals surface area contributed by atoms with Crippen LogP contribution in [0.4, 0.5) is 5.69 Å². The van der Waals surface area contributed by atoms with Crippen LogP contribution in [0.2, 0.25) is 5.02 Å². The third-order valence-corrected chi connectivity index (χ3v) is 1.98. The molecule has 4 N–H and O–H groups in total. The van der Waals surface area contributed by atoms with Gasteiger partial charge in [-0.2, -0.15) is 0 Å². The summed E-state index contributed by atoms with van der Waals surface area (Å²) in [5.41, 5.74) is 12.5. The van der Waals surface area contributed by atoms with Crippen molar-refractivity contribution in [1.29, 1.82) is 0 Å². The van der Waals surface area contributed by atoms with Crippen molar-refractivity contribution in [3.05, 3.63) is 28.3 Å². The zero-order chi connectivity index (χ0) is 10.7. The predicted octanol–water partition coefficient (Wildman–Crippen LogP) is 1.07. The molecule has 0 aliphatic heterocycles. The highest BCUT2D eigenvalue weighted by Gasteiger charge is 2.01. The first-order valence-electron chi connectivity index (χ1n) is 3.88. The minimum Gasteiger partial charge on any atom is -0.397 e. The van der Waals surface area contributed by atoms with E-state index < -0.39 is 5.91 Å². The fourth-order valence-corrected chi connectivity index (χ4v) is 1.23. The topological polar surface area (TPSA) is 69.1 Å². The van der Waals surface area contributed by atoms with Gasteiger partial charge in [0.05, 0.1) is 10.7 Å². The lowest BCUT2D eigenvalue weighted by Crippen LogP contribution is -2.06. The van der Waals surface area contributed by atoms with Gasteiger partial charge in [0, 0.05) is 5.56 Å². The Labute approximate surface area is 87.0 Å². The molecule has 0 saturated heterocycles. The van der Waals surface area contributed by atoms with Crippen molar-refractivity contribution in [2.24, 2.45) is 5.73 Å². The Balaban J connectivity index is 3.15. The van der Waals surface area contributed by atoms with Gasteiger partial charge in [0.25, 0.3) is 5.91 Å². The molecule has 0 atom stereocenters. The van der Waals surface area contributed by atoms with E-state index in [1.54, 1.807) is 12.1 Å². The Morgan fingerprint density at radius 3 is 2.64 bits per heavy atom. The van der Waals surface area contributed by atoms with Gasteiger partial charge in [0.2, 0.25) is 0 Å². The first-order valence-corrected chi connectivity index (χ1v) is 4.25. The molecule has 0 saturated carbocycles. The lowest BCUT2D eigenvalue weighted by molar-refractivity contribution is -0.112. The van der Waals surface area contributed by atoms with Crippen LogP contribution in [-0.4, -0.2) is 5.91 Å². The van der Waals surface area contributed by atoms with Crippen molar-refractivity contribution in [2.75, 3.05) is 5.73 Å². The summed E-state index contributed by atoms with van der Waals surface area (Å²) in [6.45, 7) is 1.82. The third-order valence-electron chi connectivity index (χ3n) is 1.67. The highest BCUT2D eigenvalue weighted by molar-refractivity contribution is 6.33. The third kappa shape index (κ3) is 2.41. The lowest BCUT2D eigenvalue weighted by atomic mass is 10.1. The van der Waals surface area contributed by atoms with Gasteiger partial charge in [0.1, 0.15) is 0 Å². The summed E-state index contributed by atoms with van der Waals surface area (Å²) in [5.74, 6) is 4.14. The molecule has 1 aromatic rings. The van der Waals surface area contributed by atoms with Crippen LogP contribution in [0.3, 0.4) is 0 Å². The summed E-state index contributed by atoms with van der Waals surface area (Å²) in [6, 6.07) is 3.34.